The van der Waals surface area contributed by atoms with Crippen LogP contribution in [0.15, 0.2) is 10.2 Å². The minimum Gasteiger partial charge on any atom is -0.0782 e. The van der Waals surface area contributed by atoms with Gasteiger partial charge in [0.25, 0.3) is 0 Å². The van der Waals surface area contributed by atoms with Gasteiger partial charge in [0.15, 0.2) is 0 Å². The standard InChI is InChI=1S/C6H9I/c7-5-1-2-6-3-4-6/h1,5-6H,2-4H2/b5-1+. The minimum absolute atomic E-state index is 1.06. The fourth-order valence-corrected chi connectivity index (χ4v) is 0.891. The van der Waals surface area contributed by atoms with E-state index in [2.05, 4.69) is 32.7 Å². The number of hydrogen-bond acceptors (Lipinski definition) is 0. The van der Waals surface area contributed by atoms with Gasteiger partial charge in [0, 0.05) is 0 Å². The maximum absolute atomic E-state index is 2.27. The van der Waals surface area contributed by atoms with Gasteiger partial charge in [-0.25, -0.2) is 0 Å². The second kappa shape index (κ2) is 2.70. The van der Waals surface area contributed by atoms with E-state index in [4.69, 9.17) is 0 Å². The molecule has 0 atom stereocenters. The third-order valence-electron chi connectivity index (χ3n) is 1.26. The largest absolute Gasteiger partial charge is 0.0782 e. The summed E-state index contributed by atoms with van der Waals surface area (Å²) in [6, 6.07) is 0. The van der Waals surface area contributed by atoms with Crippen molar-refractivity contribution in [2.24, 2.45) is 5.92 Å². The third-order valence-corrected chi connectivity index (χ3v) is 1.76. The first-order valence-electron chi connectivity index (χ1n) is 2.68. The first kappa shape index (κ1) is 5.60. The van der Waals surface area contributed by atoms with Gasteiger partial charge in [0.1, 0.15) is 0 Å². The normalized spacial score (nSPS) is 21.3. The van der Waals surface area contributed by atoms with Crippen molar-refractivity contribution in [1.29, 1.82) is 0 Å². The van der Waals surface area contributed by atoms with Gasteiger partial charge in [0.2, 0.25) is 0 Å². The molecule has 40 valence electrons. The molecule has 0 unspecified atom stereocenters. The van der Waals surface area contributed by atoms with Gasteiger partial charge in [-0.15, -0.1) is 0 Å². The lowest BCUT2D eigenvalue weighted by Crippen LogP contribution is -1.64. The second-order valence-electron chi connectivity index (χ2n) is 2.04. The van der Waals surface area contributed by atoms with E-state index < -0.39 is 0 Å². The van der Waals surface area contributed by atoms with Gasteiger partial charge < -0.3 is 0 Å². The van der Waals surface area contributed by atoms with E-state index in [1.807, 2.05) is 0 Å². The summed E-state index contributed by atoms with van der Waals surface area (Å²) in [6.07, 6.45) is 6.52. The van der Waals surface area contributed by atoms with E-state index in [9.17, 15) is 0 Å². The van der Waals surface area contributed by atoms with E-state index >= 15 is 0 Å². The summed E-state index contributed by atoms with van der Waals surface area (Å²) < 4.78 is 2.11. The highest BCUT2D eigenvalue weighted by atomic mass is 127. The molecule has 1 fully saturated rings. The molecule has 1 aliphatic carbocycles. The zero-order valence-corrected chi connectivity index (χ0v) is 6.39. The maximum Gasteiger partial charge on any atom is -0.0274 e. The summed E-state index contributed by atoms with van der Waals surface area (Å²) in [5, 5.41) is 0. The Morgan fingerprint density at radius 2 is 2.29 bits per heavy atom. The fraction of sp³-hybridized carbons (Fsp3) is 0.667. The van der Waals surface area contributed by atoms with Crippen LogP contribution in [-0.4, -0.2) is 0 Å². The molecule has 7 heavy (non-hydrogen) atoms. The van der Waals surface area contributed by atoms with Crippen molar-refractivity contribution in [2.45, 2.75) is 19.3 Å². The molecule has 0 spiro atoms. The van der Waals surface area contributed by atoms with Gasteiger partial charge in [-0.1, -0.05) is 28.7 Å². The van der Waals surface area contributed by atoms with E-state index in [0.717, 1.165) is 5.92 Å². The minimum atomic E-state index is 1.06. The number of hydrogen-bond donors (Lipinski definition) is 0. The Morgan fingerprint density at radius 1 is 1.57 bits per heavy atom. The zero-order chi connectivity index (χ0) is 5.11. The highest BCUT2D eigenvalue weighted by Gasteiger charge is 2.18. The summed E-state index contributed by atoms with van der Waals surface area (Å²) >= 11 is 2.27. The number of rotatable bonds is 2. The van der Waals surface area contributed by atoms with Crippen molar-refractivity contribution in [3.05, 3.63) is 10.2 Å². The smallest absolute Gasteiger partial charge is 0.0274 e. The highest BCUT2D eigenvalue weighted by Crippen LogP contribution is 2.32. The van der Waals surface area contributed by atoms with Crippen LogP contribution in [0.2, 0.25) is 0 Å². The first-order valence-corrected chi connectivity index (χ1v) is 3.93. The summed E-state index contributed by atoms with van der Waals surface area (Å²) in [5.41, 5.74) is 0. The van der Waals surface area contributed by atoms with Crippen molar-refractivity contribution >= 4 is 22.6 Å². The van der Waals surface area contributed by atoms with E-state index in [-0.39, 0.29) is 0 Å². The van der Waals surface area contributed by atoms with Crippen molar-refractivity contribution in [3.8, 4) is 0 Å². The van der Waals surface area contributed by atoms with Crippen molar-refractivity contribution < 1.29 is 0 Å². The van der Waals surface area contributed by atoms with Crippen molar-refractivity contribution in [2.75, 3.05) is 0 Å². The Kier molecular flexibility index (Phi) is 2.16. The van der Waals surface area contributed by atoms with Crippen LogP contribution in [0.25, 0.3) is 0 Å². The SMILES string of the molecule is I/C=C/CC1CC1. The van der Waals surface area contributed by atoms with Crippen LogP contribution >= 0.6 is 22.6 Å². The average molecular weight is 208 g/mol. The number of halogens is 1. The molecular weight excluding hydrogens is 199 g/mol. The van der Waals surface area contributed by atoms with Crippen LogP contribution in [0.3, 0.4) is 0 Å². The third kappa shape index (κ3) is 2.32. The summed E-state index contributed by atoms with van der Waals surface area (Å²) in [5.74, 6) is 1.06. The molecule has 0 heterocycles. The Hall–Kier alpha value is 0.470. The molecule has 1 aliphatic rings. The quantitative estimate of drug-likeness (QED) is 0.612. The van der Waals surface area contributed by atoms with Gasteiger partial charge in [0.05, 0.1) is 0 Å². The predicted molar refractivity (Wildman–Crippen MR) is 40.5 cm³/mol. The molecule has 1 heteroatoms. The second-order valence-corrected chi connectivity index (χ2v) is 2.76. The molecule has 0 N–H and O–H groups in total. The molecule has 0 bridgehead atoms. The van der Waals surface area contributed by atoms with E-state index in [1.165, 1.54) is 19.3 Å². The van der Waals surface area contributed by atoms with E-state index in [0.29, 0.717) is 0 Å². The lowest BCUT2D eigenvalue weighted by atomic mass is 10.3. The van der Waals surface area contributed by atoms with Crippen LogP contribution in [0.1, 0.15) is 19.3 Å². The zero-order valence-electron chi connectivity index (χ0n) is 4.23. The molecule has 1 saturated carbocycles. The molecule has 0 aromatic heterocycles. The topological polar surface area (TPSA) is 0 Å². The van der Waals surface area contributed by atoms with Crippen molar-refractivity contribution in [3.63, 3.8) is 0 Å². The number of allylic oxidation sites excluding steroid dienone is 1. The molecule has 1 rings (SSSR count). The van der Waals surface area contributed by atoms with Gasteiger partial charge in [-0.2, -0.15) is 0 Å². The molecule has 0 aromatic rings. The highest BCUT2D eigenvalue weighted by molar-refractivity contribution is 14.1. The van der Waals surface area contributed by atoms with Crippen LogP contribution in [0, 0.1) is 5.92 Å². The summed E-state index contributed by atoms with van der Waals surface area (Å²) in [4.78, 5) is 0. The Bertz CT molecular complexity index is 72.2. The Morgan fingerprint density at radius 3 is 2.71 bits per heavy atom. The molecule has 0 aliphatic heterocycles. The van der Waals surface area contributed by atoms with E-state index in [1.54, 1.807) is 0 Å². The molecule has 0 saturated heterocycles. The molecule has 0 radical (unpaired) electrons. The Labute approximate surface area is 58.1 Å². The predicted octanol–water partition coefficient (Wildman–Crippen LogP) is 2.74. The van der Waals surface area contributed by atoms with Gasteiger partial charge in [-0.3, -0.25) is 0 Å². The van der Waals surface area contributed by atoms with Crippen LogP contribution < -0.4 is 0 Å². The van der Waals surface area contributed by atoms with Crippen LogP contribution in [0.5, 0.6) is 0 Å². The first-order chi connectivity index (χ1) is 3.43. The van der Waals surface area contributed by atoms with Crippen molar-refractivity contribution in [1.82, 2.24) is 0 Å². The monoisotopic (exact) mass is 208 g/mol. The summed E-state index contributed by atoms with van der Waals surface area (Å²) in [7, 11) is 0. The lowest BCUT2D eigenvalue weighted by Gasteiger charge is -1.79. The molecule has 0 nitrogen and oxygen atoms in total. The van der Waals surface area contributed by atoms with Crippen LogP contribution in [-0.2, 0) is 0 Å². The Balaban J connectivity index is 1.98. The molecule has 0 aromatic carbocycles. The maximum atomic E-state index is 2.27. The van der Waals surface area contributed by atoms with Crippen LogP contribution in [0.4, 0.5) is 0 Å². The van der Waals surface area contributed by atoms with Gasteiger partial charge in [-0.05, 0) is 29.3 Å². The fourth-order valence-electron chi connectivity index (χ4n) is 0.597. The van der Waals surface area contributed by atoms with Gasteiger partial charge >= 0.3 is 0 Å². The lowest BCUT2D eigenvalue weighted by molar-refractivity contribution is 0.864. The molecular formula is C6H9I. The molecule has 0 amide bonds. The average Bonchev–Trinajstić information content (AvgIpc) is 2.42. The summed E-state index contributed by atoms with van der Waals surface area (Å²) in [6.45, 7) is 0.